The predicted octanol–water partition coefficient (Wildman–Crippen LogP) is 4.10. The van der Waals surface area contributed by atoms with E-state index >= 15 is 0 Å². The summed E-state index contributed by atoms with van der Waals surface area (Å²) >= 11 is 0. The summed E-state index contributed by atoms with van der Waals surface area (Å²) in [5.41, 5.74) is 7.23. The van der Waals surface area contributed by atoms with Gasteiger partial charge in [0.25, 0.3) is 0 Å². The van der Waals surface area contributed by atoms with Gasteiger partial charge in [-0.05, 0) is 73.5 Å². The van der Waals surface area contributed by atoms with Crippen LogP contribution in [0.1, 0.15) is 37.8 Å². The van der Waals surface area contributed by atoms with Crippen molar-refractivity contribution >= 4 is 11.6 Å². The van der Waals surface area contributed by atoms with Crippen LogP contribution < -0.4 is 5.32 Å². The van der Waals surface area contributed by atoms with Crippen molar-refractivity contribution in [3.8, 4) is 0 Å². The lowest BCUT2D eigenvalue weighted by Gasteiger charge is -2.27. The largest absolute Gasteiger partial charge is 0.373 e. The lowest BCUT2D eigenvalue weighted by molar-refractivity contribution is -0.120. The summed E-state index contributed by atoms with van der Waals surface area (Å²) in [5.74, 6) is 0.108. The van der Waals surface area contributed by atoms with Gasteiger partial charge in [0.15, 0.2) is 0 Å². The average molecular weight is 336 g/mol. The van der Waals surface area contributed by atoms with Gasteiger partial charge in [0, 0.05) is 12.1 Å². The second kappa shape index (κ2) is 6.96. The second-order valence-electron chi connectivity index (χ2n) is 7.10. The van der Waals surface area contributed by atoms with Crippen LogP contribution in [0, 0.1) is 12.8 Å². The summed E-state index contributed by atoms with van der Waals surface area (Å²) in [6.45, 7) is 3.31. The van der Waals surface area contributed by atoms with Crippen LogP contribution in [-0.2, 0) is 9.53 Å². The van der Waals surface area contributed by atoms with Crippen LogP contribution in [0.3, 0.4) is 0 Å². The van der Waals surface area contributed by atoms with Crippen LogP contribution in [0.25, 0.3) is 0 Å². The summed E-state index contributed by atoms with van der Waals surface area (Å²) in [6.07, 6.45) is 11.1. The Morgan fingerprint density at radius 2 is 2.16 bits per heavy atom. The molecule has 1 N–H and O–H groups in total. The number of nitrogens with zero attached hydrogens (tertiary/aromatic N) is 1. The van der Waals surface area contributed by atoms with E-state index in [0.717, 1.165) is 50.1 Å². The molecule has 1 aliphatic heterocycles. The minimum absolute atomic E-state index is 0.0108. The molecule has 4 nitrogen and oxygen atoms in total. The molecule has 0 saturated carbocycles. The third kappa shape index (κ3) is 3.31. The van der Waals surface area contributed by atoms with E-state index in [2.05, 4.69) is 22.5 Å². The van der Waals surface area contributed by atoms with Crippen molar-refractivity contribution in [3.63, 3.8) is 0 Å². The van der Waals surface area contributed by atoms with E-state index < -0.39 is 0 Å². The maximum atomic E-state index is 12.7. The van der Waals surface area contributed by atoms with E-state index in [1.807, 2.05) is 19.1 Å². The fourth-order valence-electron chi connectivity index (χ4n) is 4.04. The highest BCUT2D eigenvalue weighted by atomic mass is 16.5. The summed E-state index contributed by atoms with van der Waals surface area (Å²) < 4.78 is 5.91. The summed E-state index contributed by atoms with van der Waals surface area (Å²) in [6, 6.07) is 3.76. The van der Waals surface area contributed by atoms with Crippen molar-refractivity contribution in [1.82, 2.24) is 4.98 Å². The lowest BCUT2D eigenvalue weighted by Crippen LogP contribution is -2.27. The summed E-state index contributed by atoms with van der Waals surface area (Å²) in [4.78, 5) is 17.0. The first-order chi connectivity index (χ1) is 12.2. The van der Waals surface area contributed by atoms with Crippen LogP contribution in [0.15, 0.2) is 52.8 Å². The first kappa shape index (κ1) is 16.3. The van der Waals surface area contributed by atoms with Crippen molar-refractivity contribution < 1.29 is 9.53 Å². The molecule has 1 atom stereocenters. The molecule has 1 aromatic heterocycles. The predicted molar refractivity (Wildman–Crippen MR) is 98.2 cm³/mol. The average Bonchev–Trinajstić information content (AvgIpc) is 2.82. The maximum Gasteiger partial charge on any atom is 0.227 e. The molecule has 1 amide bonds. The maximum absolute atomic E-state index is 12.7. The molecular formula is C21H24N2O2. The third-order valence-electron chi connectivity index (χ3n) is 5.45. The number of hydrogen-bond donors (Lipinski definition) is 1. The van der Waals surface area contributed by atoms with Crippen LogP contribution >= 0.6 is 0 Å². The number of amides is 1. The zero-order valence-electron chi connectivity index (χ0n) is 14.7. The Bertz CT molecular complexity index is 789. The molecule has 1 aromatic rings. The number of aromatic nitrogens is 1. The van der Waals surface area contributed by atoms with Crippen LogP contribution in [0.2, 0.25) is 0 Å². The van der Waals surface area contributed by atoms with E-state index in [0.29, 0.717) is 6.61 Å². The highest BCUT2D eigenvalue weighted by molar-refractivity contribution is 5.93. The number of anilines is 1. The summed E-state index contributed by atoms with van der Waals surface area (Å²) in [7, 11) is 0. The van der Waals surface area contributed by atoms with Crippen molar-refractivity contribution in [1.29, 1.82) is 0 Å². The van der Waals surface area contributed by atoms with Crippen LogP contribution in [-0.4, -0.2) is 24.1 Å². The number of rotatable bonds is 2. The number of allylic oxidation sites excluding steroid dienone is 4. The van der Waals surface area contributed by atoms with E-state index in [1.54, 1.807) is 6.20 Å². The second-order valence-corrected chi connectivity index (χ2v) is 7.10. The fraction of sp³-hybridized carbons (Fsp3) is 0.429. The van der Waals surface area contributed by atoms with Crippen molar-refractivity contribution in [2.45, 2.75) is 39.0 Å². The minimum Gasteiger partial charge on any atom is -0.373 e. The molecule has 130 valence electrons. The Balaban J connectivity index is 1.52. The van der Waals surface area contributed by atoms with Gasteiger partial charge in [0.1, 0.15) is 0 Å². The SMILES string of the molecule is Cc1ncccc1NC(=O)C1CCC2=C(COCC3=C2C=CCC3)C1. The third-order valence-corrected chi connectivity index (χ3v) is 5.45. The molecule has 0 saturated heterocycles. The smallest absolute Gasteiger partial charge is 0.227 e. The highest BCUT2D eigenvalue weighted by Crippen LogP contribution is 2.39. The molecule has 4 rings (SSSR count). The molecule has 0 fully saturated rings. The quantitative estimate of drug-likeness (QED) is 0.884. The monoisotopic (exact) mass is 336 g/mol. The first-order valence-corrected chi connectivity index (χ1v) is 9.12. The molecule has 0 bridgehead atoms. The van der Waals surface area contributed by atoms with Crippen molar-refractivity contribution in [2.24, 2.45) is 5.92 Å². The Kier molecular flexibility index (Phi) is 4.53. The van der Waals surface area contributed by atoms with E-state index in [-0.39, 0.29) is 11.8 Å². The normalized spacial score (nSPS) is 23.0. The van der Waals surface area contributed by atoms with Gasteiger partial charge in [0.05, 0.1) is 24.6 Å². The van der Waals surface area contributed by atoms with Crippen molar-refractivity contribution in [2.75, 3.05) is 18.5 Å². The summed E-state index contributed by atoms with van der Waals surface area (Å²) in [5, 5.41) is 3.06. The molecule has 0 radical (unpaired) electrons. The van der Waals surface area contributed by atoms with E-state index in [9.17, 15) is 4.79 Å². The van der Waals surface area contributed by atoms with E-state index in [4.69, 9.17) is 4.74 Å². The molecule has 2 aliphatic carbocycles. The fourth-order valence-corrected chi connectivity index (χ4v) is 4.04. The van der Waals surface area contributed by atoms with Crippen molar-refractivity contribution in [3.05, 3.63) is 58.5 Å². The van der Waals surface area contributed by atoms with Gasteiger partial charge in [0.2, 0.25) is 5.91 Å². The molecule has 1 unspecified atom stereocenters. The van der Waals surface area contributed by atoms with Gasteiger partial charge in [-0.2, -0.15) is 0 Å². The lowest BCUT2D eigenvalue weighted by atomic mass is 9.79. The number of carbonyl (C=O) groups excluding carboxylic acids is 1. The Hall–Kier alpha value is -2.20. The van der Waals surface area contributed by atoms with Gasteiger partial charge in [-0.25, -0.2) is 0 Å². The molecule has 0 spiro atoms. The molecular weight excluding hydrogens is 312 g/mol. The zero-order valence-corrected chi connectivity index (χ0v) is 14.7. The minimum atomic E-state index is 0.0108. The molecule has 3 aliphatic rings. The van der Waals surface area contributed by atoms with Gasteiger partial charge < -0.3 is 10.1 Å². The van der Waals surface area contributed by atoms with Gasteiger partial charge in [-0.3, -0.25) is 9.78 Å². The number of fused-ring (bicyclic) bond motifs is 1. The van der Waals surface area contributed by atoms with E-state index in [1.165, 1.54) is 22.3 Å². The number of nitrogens with one attached hydrogen (secondary N) is 1. The number of ether oxygens (including phenoxy) is 1. The standard InChI is InChI=1S/C21H24N2O2/c1-14-20(7-4-10-22-14)23-21(24)15-8-9-19-17(11-15)13-25-12-16-5-2-3-6-18(16)19/h3-4,6-7,10,15H,2,5,8-9,11-13H2,1H3,(H,23,24). The first-order valence-electron chi connectivity index (χ1n) is 9.12. The number of pyridine rings is 1. The zero-order chi connectivity index (χ0) is 17.2. The number of carbonyl (C=O) groups is 1. The highest BCUT2D eigenvalue weighted by Gasteiger charge is 2.30. The molecule has 25 heavy (non-hydrogen) atoms. The number of hydrogen-bond acceptors (Lipinski definition) is 3. The van der Waals surface area contributed by atoms with Gasteiger partial charge in [-0.15, -0.1) is 0 Å². The molecule has 0 aromatic carbocycles. The van der Waals surface area contributed by atoms with Gasteiger partial charge in [-0.1, -0.05) is 12.2 Å². The molecule has 2 heterocycles. The molecule has 4 heteroatoms. The Morgan fingerprint density at radius 1 is 1.28 bits per heavy atom. The Labute approximate surface area is 148 Å². The Morgan fingerprint density at radius 3 is 3.04 bits per heavy atom. The number of aryl methyl sites for hydroxylation is 1. The topological polar surface area (TPSA) is 51.2 Å². The van der Waals surface area contributed by atoms with Crippen LogP contribution in [0.5, 0.6) is 0 Å². The van der Waals surface area contributed by atoms with Crippen LogP contribution in [0.4, 0.5) is 5.69 Å². The van der Waals surface area contributed by atoms with Gasteiger partial charge >= 0.3 is 0 Å².